The van der Waals surface area contributed by atoms with Crippen LogP contribution in [-0.2, 0) is 21.2 Å². The van der Waals surface area contributed by atoms with Gasteiger partial charge in [0.25, 0.3) is 0 Å². The number of anilines is 1. The van der Waals surface area contributed by atoms with Crippen molar-refractivity contribution in [2.75, 3.05) is 23.7 Å². The third-order valence-corrected chi connectivity index (χ3v) is 6.32. The van der Waals surface area contributed by atoms with Gasteiger partial charge in [-0.05, 0) is 53.9 Å². The molecule has 0 saturated carbocycles. The number of sulfonamides is 1. The second-order valence-corrected chi connectivity index (χ2v) is 9.26. The molecule has 31 heavy (non-hydrogen) atoms. The first-order chi connectivity index (χ1) is 14.8. The normalized spacial score (nSPS) is 12.4. The molecule has 164 valence electrons. The Hall–Kier alpha value is -3.06. The highest BCUT2D eigenvalue weighted by Crippen LogP contribution is 2.22. The molecule has 0 aliphatic heterocycles. The van der Waals surface area contributed by atoms with E-state index in [0.29, 0.717) is 5.69 Å². The Labute approximate surface area is 183 Å². The van der Waals surface area contributed by atoms with Gasteiger partial charge in [0.1, 0.15) is 18.4 Å². The van der Waals surface area contributed by atoms with Crippen LogP contribution >= 0.6 is 0 Å². The van der Waals surface area contributed by atoms with Gasteiger partial charge in [-0.1, -0.05) is 49.4 Å². The van der Waals surface area contributed by atoms with E-state index < -0.39 is 16.1 Å². The van der Waals surface area contributed by atoms with Crippen LogP contribution in [0.15, 0.2) is 66.7 Å². The Morgan fingerprint density at radius 3 is 2.35 bits per heavy atom. The van der Waals surface area contributed by atoms with Gasteiger partial charge in [0.05, 0.1) is 18.5 Å². The molecule has 0 aliphatic carbocycles. The molecule has 3 rings (SSSR count). The lowest BCUT2D eigenvalue weighted by Crippen LogP contribution is -2.48. The molecule has 0 unspecified atom stereocenters. The van der Waals surface area contributed by atoms with Gasteiger partial charge < -0.3 is 10.1 Å². The second kappa shape index (κ2) is 9.83. The lowest BCUT2D eigenvalue weighted by atomic mass is 10.1. The predicted octanol–water partition coefficient (Wildman–Crippen LogP) is 3.75. The van der Waals surface area contributed by atoms with Crippen molar-refractivity contribution in [3.8, 4) is 5.75 Å². The Bertz CT molecular complexity index is 1140. The average Bonchev–Trinajstić information content (AvgIpc) is 2.76. The van der Waals surface area contributed by atoms with E-state index >= 15 is 0 Å². The Balaban J connectivity index is 1.59. The highest BCUT2D eigenvalue weighted by Gasteiger charge is 2.28. The van der Waals surface area contributed by atoms with Gasteiger partial charge in [-0.3, -0.25) is 9.10 Å². The molecule has 1 atom stereocenters. The number of rotatable bonds is 9. The van der Waals surface area contributed by atoms with Gasteiger partial charge in [0.2, 0.25) is 15.9 Å². The van der Waals surface area contributed by atoms with E-state index in [4.69, 9.17) is 4.74 Å². The number of hydrogen-bond acceptors (Lipinski definition) is 4. The van der Waals surface area contributed by atoms with Gasteiger partial charge in [0.15, 0.2) is 0 Å². The number of fused-ring (bicyclic) bond motifs is 1. The first-order valence-electron chi connectivity index (χ1n) is 10.3. The van der Waals surface area contributed by atoms with Gasteiger partial charge >= 0.3 is 0 Å². The number of carbonyl (C=O) groups excluding carboxylic acids is 1. The van der Waals surface area contributed by atoms with E-state index in [9.17, 15) is 13.2 Å². The Kier molecular flexibility index (Phi) is 7.17. The summed E-state index contributed by atoms with van der Waals surface area (Å²) in [6.07, 6.45) is 1.96. The number of ether oxygens (including phenoxy) is 1. The second-order valence-electron chi connectivity index (χ2n) is 7.40. The monoisotopic (exact) mass is 440 g/mol. The van der Waals surface area contributed by atoms with Crippen LogP contribution in [0, 0.1) is 0 Å². The van der Waals surface area contributed by atoms with Gasteiger partial charge in [-0.15, -0.1) is 0 Å². The van der Waals surface area contributed by atoms with E-state index in [1.807, 2.05) is 61.5 Å². The van der Waals surface area contributed by atoms with Gasteiger partial charge in [-0.2, -0.15) is 0 Å². The summed E-state index contributed by atoms with van der Waals surface area (Å²) in [6.45, 7) is 4.15. The number of aryl methyl sites for hydroxylation is 1. The molecule has 3 aromatic rings. The standard InChI is InChI=1S/C24H28N2O4S/c1-4-19-9-12-22(13-10-19)26(31(3,28)29)18(2)24(27)25-15-16-30-23-14-11-20-7-5-6-8-21(20)17-23/h5-14,17-18H,4,15-16H2,1-3H3,(H,25,27)/t18-/m1/s1. The molecular formula is C24H28N2O4S. The van der Waals surface area contributed by atoms with E-state index in [1.165, 1.54) is 0 Å². The third kappa shape index (κ3) is 5.76. The largest absolute Gasteiger partial charge is 0.492 e. The summed E-state index contributed by atoms with van der Waals surface area (Å²) in [5.74, 6) is 0.335. The molecule has 0 saturated heterocycles. The third-order valence-electron chi connectivity index (χ3n) is 5.08. The molecule has 0 fully saturated rings. The van der Waals surface area contributed by atoms with Crippen LogP contribution in [0.1, 0.15) is 19.4 Å². The molecule has 6 nitrogen and oxygen atoms in total. The first kappa shape index (κ1) is 22.6. The van der Waals surface area contributed by atoms with Crippen LogP contribution in [0.3, 0.4) is 0 Å². The van der Waals surface area contributed by atoms with Crippen LogP contribution in [0.25, 0.3) is 10.8 Å². The Morgan fingerprint density at radius 2 is 1.71 bits per heavy atom. The van der Waals surface area contributed by atoms with Gasteiger partial charge in [-0.25, -0.2) is 8.42 Å². The van der Waals surface area contributed by atoms with Crippen molar-refractivity contribution < 1.29 is 17.9 Å². The number of nitrogens with one attached hydrogen (secondary N) is 1. The summed E-state index contributed by atoms with van der Waals surface area (Å²) in [4.78, 5) is 12.6. The van der Waals surface area contributed by atoms with E-state index in [0.717, 1.165) is 39.1 Å². The zero-order chi connectivity index (χ0) is 22.4. The number of nitrogens with zero attached hydrogens (tertiary/aromatic N) is 1. The Morgan fingerprint density at radius 1 is 1.03 bits per heavy atom. The fourth-order valence-electron chi connectivity index (χ4n) is 3.44. The highest BCUT2D eigenvalue weighted by molar-refractivity contribution is 7.92. The quantitative estimate of drug-likeness (QED) is 0.514. The minimum absolute atomic E-state index is 0.266. The summed E-state index contributed by atoms with van der Waals surface area (Å²) >= 11 is 0. The minimum atomic E-state index is -3.63. The highest BCUT2D eigenvalue weighted by atomic mass is 32.2. The molecule has 1 N–H and O–H groups in total. The zero-order valence-electron chi connectivity index (χ0n) is 18.0. The van der Waals surface area contributed by atoms with Crippen LogP contribution in [0.4, 0.5) is 5.69 Å². The van der Waals surface area contributed by atoms with Crippen LogP contribution in [0.5, 0.6) is 5.75 Å². The van der Waals surface area contributed by atoms with Crippen molar-refractivity contribution in [2.45, 2.75) is 26.3 Å². The smallest absolute Gasteiger partial charge is 0.243 e. The molecule has 0 aromatic heterocycles. The number of amides is 1. The zero-order valence-corrected chi connectivity index (χ0v) is 18.9. The summed E-state index contributed by atoms with van der Waals surface area (Å²) in [6, 6.07) is 20.1. The molecule has 7 heteroatoms. The maximum absolute atomic E-state index is 12.6. The summed E-state index contributed by atoms with van der Waals surface area (Å²) < 4.78 is 31.6. The van der Waals surface area contributed by atoms with Crippen molar-refractivity contribution in [3.63, 3.8) is 0 Å². The summed E-state index contributed by atoms with van der Waals surface area (Å²) in [7, 11) is -3.63. The van der Waals surface area contributed by atoms with E-state index in [2.05, 4.69) is 5.32 Å². The molecule has 0 radical (unpaired) electrons. The van der Waals surface area contributed by atoms with Crippen LogP contribution in [0.2, 0.25) is 0 Å². The fourth-order valence-corrected chi connectivity index (χ4v) is 4.61. The van der Waals surface area contributed by atoms with E-state index in [-0.39, 0.29) is 19.1 Å². The van der Waals surface area contributed by atoms with Crippen LogP contribution < -0.4 is 14.4 Å². The number of carbonyl (C=O) groups is 1. The molecule has 0 bridgehead atoms. The molecule has 0 spiro atoms. The van der Waals surface area contributed by atoms with Crippen molar-refractivity contribution in [2.24, 2.45) is 0 Å². The van der Waals surface area contributed by atoms with Crippen molar-refractivity contribution >= 4 is 32.4 Å². The molecular weight excluding hydrogens is 412 g/mol. The maximum atomic E-state index is 12.6. The lowest BCUT2D eigenvalue weighted by Gasteiger charge is -2.28. The van der Waals surface area contributed by atoms with Crippen molar-refractivity contribution in [1.29, 1.82) is 0 Å². The first-order valence-corrected chi connectivity index (χ1v) is 12.1. The predicted molar refractivity (Wildman–Crippen MR) is 125 cm³/mol. The molecule has 3 aromatic carbocycles. The van der Waals surface area contributed by atoms with Crippen LogP contribution in [-0.4, -0.2) is 39.8 Å². The van der Waals surface area contributed by atoms with Crippen molar-refractivity contribution in [3.05, 3.63) is 72.3 Å². The number of benzene rings is 3. The summed E-state index contributed by atoms with van der Waals surface area (Å²) in [5, 5.41) is 4.97. The summed E-state index contributed by atoms with van der Waals surface area (Å²) in [5.41, 5.74) is 1.56. The van der Waals surface area contributed by atoms with Crippen molar-refractivity contribution in [1.82, 2.24) is 5.32 Å². The topological polar surface area (TPSA) is 75.7 Å². The SMILES string of the molecule is CCc1ccc(N([C@H](C)C(=O)NCCOc2ccc3ccccc3c2)S(C)(=O)=O)cc1. The maximum Gasteiger partial charge on any atom is 0.243 e. The minimum Gasteiger partial charge on any atom is -0.492 e. The molecule has 0 heterocycles. The number of hydrogen-bond donors (Lipinski definition) is 1. The fraction of sp³-hybridized carbons (Fsp3) is 0.292. The lowest BCUT2D eigenvalue weighted by molar-refractivity contribution is -0.121. The van der Waals surface area contributed by atoms with Gasteiger partial charge in [0, 0.05) is 0 Å². The average molecular weight is 441 g/mol. The molecule has 0 aliphatic rings. The van der Waals surface area contributed by atoms with E-state index in [1.54, 1.807) is 19.1 Å². The molecule has 1 amide bonds.